The van der Waals surface area contributed by atoms with E-state index in [2.05, 4.69) is 25.9 Å². The Morgan fingerprint density at radius 2 is 1.89 bits per heavy atom. The van der Waals surface area contributed by atoms with Crippen molar-refractivity contribution in [1.29, 1.82) is 5.26 Å². The molecule has 0 amide bonds. The molecule has 1 saturated carbocycles. The van der Waals surface area contributed by atoms with Crippen molar-refractivity contribution < 1.29 is 10.2 Å². The van der Waals surface area contributed by atoms with Crippen molar-refractivity contribution in [3.63, 3.8) is 0 Å². The molecule has 3 rings (SSSR count). The molecule has 0 aromatic carbocycles. The summed E-state index contributed by atoms with van der Waals surface area (Å²) in [6.07, 6.45) is 6.62. The number of aliphatic hydroxyl groups is 2. The molecule has 0 bridgehead atoms. The van der Waals surface area contributed by atoms with Gasteiger partial charge in [-0.15, -0.1) is 0 Å². The Balaban J connectivity index is 0.000000454. The molecule has 2 heterocycles. The second kappa shape index (κ2) is 10.5. The number of imidazole rings is 1. The fraction of sp³-hybridized carbons (Fsp3) is 0.632. The van der Waals surface area contributed by atoms with Crippen LogP contribution in [0.4, 0.5) is 5.69 Å². The van der Waals surface area contributed by atoms with Crippen LogP contribution in [0.25, 0.3) is 11.2 Å². The van der Waals surface area contributed by atoms with Crippen molar-refractivity contribution in [1.82, 2.24) is 14.5 Å². The zero-order valence-electron chi connectivity index (χ0n) is 16.8. The zero-order chi connectivity index (χ0) is 20.6. The van der Waals surface area contributed by atoms with Crippen LogP contribution in [0.2, 0.25) is 5.15 Å². The molecule has 0 spiro atoms. The van der Waals surface area contributed by atoms with Gasteiger partial charge in [0.25, 0.3) is 0 Å². The first kappa shape index (κ1) is 23.2. The molecule has 1 aliphatic carbocycles. The van der Waals surface area contributed by atoms with E-state index in [4.69, 9.17) is 21.8 Å². The van der Waals surface area contributed by atoms with Crippen molar-refractivity contribution >= 4 is 28.5 Å². The molecule has 2 aromatic rings. The van der Waals surface area contributed by atoms with Gasteiger partial charge in [-0.2, -0.15) is 5.26 Å². The minimum absolute atomic E-state index is 0.246. The Bertz CT molecular complexity index is 765. The van der Waals surface area contributed by atoms with E-state index < -0.39 is 5.79 Å². The van der Waals surface area contributed by atoms with Gasteiger partial charge in [-0.25, -0.2) is 9.97 Å². The van der Waals surface area contributed by atoms with Gasteiger partial charge in [0.1, 0.15) is 17.1 Å². The lowest BCUT2D eigenvalue weighted by Gasteiger charge is -2.13. The molecule has 0 aliphatic heterocycles. The van der Waals surface area contributed by atoms with E-state index in [1.54, 1.807) is 0 Å². The second-order valence-electron chi connectivity index (χ2n) is 6.55. The SMILES string of the molecule is CC.CC(C)(O)O.CCNc1c(C#N)c(Cl)nc2c1ncn2C1CCCC1. The second-order valence-corrected chi connectivity index (χ2v) is 6.91. The molecular weight excluding hydrogens is 366 g/mol. The van der Waals surface area contributed by atoms with Gasteiger partial charge < -0.3 is 20.1 Å². The monoisotopic (exact) mass is 395 g/mol. The van der Waals surface area contributed by atoms with Crippen LogP contribution in [0.3, 0.4) is 0 Å². The van der Waals surface area contributed by atoms with Crippen LogP contribution in [0.15, 0.2) is 6.33 Å². The summed E-state index contributed by atoms with van der Waals surface area (Å²) in [4.78, 5) is 8.86. The molecule has 0 atom stereocenters. The maximum atomic E-state index is 9.25. The Kier molecular flexibility index (Phi) is 8.97. The van der Waals surface area contributed by atoms with E-state index in [1.165, 1.54) is 26.7 Å². The van der Waals surface area contributed by atoms with E-state index >= 15 is 0 Å². The minimum atomic E-state index is -1.50. The number of anilines is 1. The lowest BCUT2D eigenvalue weighted by Crippen LogP contribution is -2.15. The number of aromatic nitrogens is 3. The smallest absolute Gasteiger partial charge is 0.164 e. The van der Waals surface area contributed by atoms with Gasteiger partial charge in [0.2, 0.25) is 0 Å². The van der Waals surface area contributed by atoms with Crippen LogP contribution >= 0.6 is 11.6 Å². The number of hydrogen-bond donors (Lipinski definition) is 3. The van der Waals surface area contributed by atoms with Crippen LogP contribution < -0.4 is 5.32 Å². The number of nitriles is 1. The predicted octanol–water partition coefficient (Wildman–Crippen LogP) is 4.24. The summed E-state index contributed by atoms with van der Waals surface area (Å²) in [6, 6.07) is 2.56. The highest BCUT2D eigenvalue weighted by Crippen LogP contribution is 2.35. The largest absolute Gasteiger partial charge is 0.382 e. The zero-order valence-corrected chi connectivity index (χ0v) is 17.5. The van der Waals surface area contributed by atoms with Crippen LogP contribution in [0.5, 0.6) is 0 Å². The maximum absolute atomic E-state index is 9.25. The number of nitrogens with zero attached hydrogens (tertiary/aromatic N) is 4. The summed E-state index contributed by atoms with van der Waals surface area (Å²) >= 11 is 6.17. The van der Waals surface area contributed by atoms with E-state index in [0.29, 0.717) is 23.8 Å². The van der Waals surface area contributed by atoms with Crippen LogP contribution in [-0.2, 0) is 0 Å². The van der Waals surface area contributed by atoms with Gasteiger partial charge >= 0.3 is 0 Å². The van der Waals surface area contributed by atoms with Gasteiger partial charge in [0.15, 0.2) is 16.6 Å². The minimum Gasteiger partial charge on any atom is -0.382 e. The molecule has 7 nitrogen and oxygen atoms in total. The highest BCUT2D eigenvalue weighted by Gasteiger charge is 2.23. The Hall–Kier alpha value is -1.88. The van der Waals surface area contributed by atoms with E-state index in [1.807, 2.05) is 27.1 Å². The topological polar surface area (TPSA) is 107 Å². The molecule has 2 aromatic heterocycles. The summed E-state index contributed by atoms with van der Waals surface area (Å²) in [5, 5.41) is 28.8. The molecule has 0 saturated heterocycles. The molecule has 27 heavy (non-hydrogen) atoms. The number of hydrogen-bond acceptors (Lipinski definition) is 6. The van der Waals surface area contributed by atoms with Crippen molar-refractivity contribution in [2.24, 2.45) is 0 Å². The third kappa shape index (κ3) is 6.35. The highest BCUT2D eigenvalue weighted by atomic mass is 35.5. The van der Waals surface area contributed by atoms with Crippen molar-refractivity contribution in [3.8, 4) is 6.07 Å². The third-order valence-electron chi connectivity index (χ3n) is 3.85. The summed E-state index contributed by atoms with van der Waals surface area (Å²) in [5.74, 6) is -1.50. The van der Waals surface area contributed by atoms with E-state index in [0.717, 1.165) is 24.0 Å². The van der Waals surface area contributed by atoms with Gasteiger partial charge in [-0.05, 0) is 33.6 Å². The van der Waals surface area contributed by atoms with Gasteiger partial charge in [0.05, 0.1) is 12.0 Å². The first-order valence-electron chi connectivity index (χ1n) is 9.41. The lowest BCUT2D eigenvalue weighted by atomic mass is 10.2. The number of rotatable bonds is 3. The first-order chi connectivity index (χ1) is 12.8. The van der Waals surface area contributed by atoms with Crippen LogP contribution in [0, 0.1) is 11.3 Å². The van der Waals surface area contributed by atoms with Crippen LogP contribution in [-0.4, -0.2) is 37.1 Å². The van der Waals surface area contributed by atoms with Gasteiger partial charge in [-0.3, -0.25) is 0 Å². The number of pyridine rings is 1. The lowest BCUT2D eigenvalue weighted by molar-refractivity contribution is -0.127. The molecule has 0 unspecified atom stereocenters. The standard InChI is InChI=1S/C14H16ClN5.C3H8O2.C2H6/c1-2-17-11-10(7-16)13(15)19-14-12(11)18-8-20(14)9-5-3-4-6-9;1-3(2,4)5;1-2/h8-9H,2-6H2,1H3,(H,17,19);4-5H,1-2H3;1-2H3. The number of halogens is 1. The number of nitrogens with one attached hydrogen (secondary N) is 1. The third-order valence-corrected chi connectivity index (χ3v) is 4.12. The predicted molar refractivity (Wildman–Crippen MR) is 109 cm³/mol. The molecule has 0 radical (unpaired) electrons. The molecule has 1 aliphatic rings. The molecule has 3 N–H and O–H groups in total. The van der Waals surface area contributed by atoms with Crippen molar-refractivity contribution in [2.45, 2.75) is 72.1 Å². The Morgan fingerprint density at radius 1 is 1.33 bits per heavy atom. The van der Waals surface area contributed by atoms with Crippen LogP contribution in [0.1, 0.15) is 71.9 Å². The Morgan fingerprint density at radius 3 is 2.37 bits per heavy atom. The fourth-order valence-corrected chi connectivity index (χ4v) is 3.13. The van der Waals surface area contributed by atoms with E-state index in [-0.39, 0.29) is 5.15 Å². The molecule has 150 valence electrons. The average molecular weight is 396 g/mol. The van der Waals surface area contributed by atoms with Gasteiger partial charge in [0, 0.05) is 12.6 Å². The average Bonchev–Trinajstić information content (AvgIpc) is 3.24. The summed E-state index contributed by atoms with van der Waals surface area (Å²) in [6.45, 7) is 9.29. The van der Waals surface area contributed by atoms with Crippen molar-refractivity contribution in [2.75, 3.05) is 11.9 Å². The normalized spacial score (nSPS) is 14.0. The van der Waals surface area contributed by atoms with Gasteiger partial charge in [-0.1, -0.05) is 38.3 Å². The first-order valence-corrected chi connectivity index (χ1v) is 9.78. The summed E-state index contributed by atoms with van der Waals surface area (Å²) < 4.78 is 2.11. The quantitative estimate of drug-likeness (QED) is 0.530. The summed E-state index contributed by atoms with van der Waals surface area (Å²) in [5.41, 5.74) is 2.58. The Labute approximate surface area is 166 Å². The highest BCUT2D eigenvalue weighted by molar-refractivity contribution is 6.31. The summed E-state index contributed by atoms with van der Waals surface area (Å²) in [7, 11) is 0. The van der Waals surface area contributed by atoms with E-state index in [9.17, 15) is 5.26 Å². The molecule has 1 fully saturated rings. The van der Waals surface area contributed by atoms with Crippen molar-refractivity contribution in [3.05, 3.63) is 17.0 Å². The molecule has 8 heteroatoms. The maximum Gasteiger partial charge on any atom is 0.164 e. The number of fused-ring (bicyclic) bond motifs is 1. The fourth-order valence-electron chi connectivity index (χ4n) is 2.91. The molecular formula is C19H30ClN5O2.